The second kappa shape index (κ2) is 5.06. The van der Waals surface area contributed by atoms with Gasteiger partial charge >= 0.3 is 0 Å². The van der Waals surface area contributed by atoms with Crippen LogP contribution < -0.4 is 10.5 Å². The Morgan fingerprint density at radius 2 is 1.74 bits per heavy atom. The number of nitrogens with two attached hydrogens (primary N) is 1. The van der Waals surface area contributed by atoms with Crippen LogP contribution in [0.4, 0.5) is 0 Å². The molecular formula is C17H19NO. The molecule has 2 aromatic rings. The van der Waals surface area contributed by atoms with Gasteiger partial charge in [0.15, 0.2) is 0 Å². The Balaban J connectivity index is 1.83. The van der Waals surface area contributed by atoms with E-state index in [1.54, 1.807) is 0 Å². The summed E-state index contributed by atoms with van der Waals surface area (Å²) >= 11 is 0. The van der Waals surface area contributed by atoms with Crippen molar-refractivity contribution in [2.24, 2.45) is 5.73 Å². The van der Waals surface area contributed by atoms with Gasteiger partial charge in [0, 0.05) is 0 Å². The SMILES string of the molecule is Cc1cccc(C(N)c2cccc(OC3CC3)c2)c1. The van der Waals surface area contributed by atoms with Crippen LogP contribution in [0.1, 0.15) is 35.6 Å². The van der Waals surface area contributed by atoms with Gasteiger partial charge in [0.05, 0.1) is 12.1 Å². The summed E-state index contributed by atoms with van der Waals surface area (Å²) < 4.78 is 5.82. The third-order valence-corrected chi connectivity index (χ3v) is 3.45. The average Bonchev–Trinajstić information content (AvgIpc) is 3.22. The van der Waals surface area contributed by atoms with Gasteiger partial charge in [0.2, 0.25) is 0 Å². The number of hydrogen-bond acceptors (Lipinski definition) is 2. The van der Waals surface area contributed by atoms with Gasteiger partial charge in [-0.2, -0.15) is 0 Å². The first-order chi connectivity index (χ1) is 9.22. The maximum atomic E-state index is 6.34. The molecular weight excluding hydrogens is 234 g/mol. The molecule has 0 aliphatic heterocycles. The van der Waals surface area contributed by atoms with Crippen molar-refractivity contribution in [3.63, 3.8) is 0 Å². The lowest BCUT2D eigenvalue weighted by molar-refractivity contribution is 0.303. The first-order valence-corrected chi connectivity index (χ1v) is 6.81. The Morgan fingerprint density at radius 1 is 1.05 bits per heavy atom. The van der Waals surface area contributed by atoms with Crippen LogP contribution in [0.15, 0.2) is 48.5 Å². The van der Waals surface area contributed by atoms with Crippen LogP contribution in [0.25, 0.3) is 0 Å². The summed E-state index contributed by atoms with van der Waals surface area (Å²) in [5.41, 5.74) is 9.82. The van der Waals surface area contributed by atoms with E-state index < -0.39 is 0 Å². The predicted octanol–water partition coefficient (Wildman–Crippen LogP) is 3.58. The molecule has 2 aromatic carbocycles. The minimum atomic E-state index is -0.0948. The first-order valence-electron chi connectivity index (χ1n) is 6.81. The Kier molecular flexibility index (Phi) is 3.26. The van der Waals surface area contributed by atoms with Gasteiger partial charge in [-0.25, -0.2) is 0 Å². The van der Waals surface area contributed by atoms with E-state index in [0.717, 1.165) is 16.9 Å². The molecule has 1 saturated carbocycles. The summed E-state index contributed by atoms with van der Waals surface area (Å²) in [5, 5.41) is 0. The lowest BCUT2D eigenvalue weighted by Gasteiger charge is -2.14. The minimum Gasteiger partial charge on any atom is -0.490 e. The molecule has 0 bridgehead atoms. The van der Waals surface area contributed by atoms with Crippen molar-refractivity contribution < 1.29 is 4.74 Å². The highest BCUT2D eigenvalue weighted by Gasteiger charge is 2.23. The Morgan fingerprint density at radius 3 is 2.42 bits per heavy atom. The van der Waals surface area contributed by atoms with Gasteiger partial charge < -0.3 is 10.5 Å². The Hall–Kier alpha value is -1.80. The van der Waals surface area contributed by atoms with Crippen LogP contribution in [0, 0.1) is 6.92 Å². The maximum absolute atomic E-state index is 6.34. The molecule has 0 heterocycles. The van der Waals surface area contributed by atoms with Gasteiger partial charge in [-0.3, -0.25) is 0 Å². The molecule has 0 radical (unpaired) electrons. The zero-order chi connectivity index (χ0) is 13.2. The zero-order valence-corrected chi connectivity index (χ0v) is 11.2. The summed E-state index contributed by atoms with van der Waals surface area (Å²) in [5.74, 6) is 0.933. The molecule has 2 N–H and O–H groups in total. The normalized spacial score (nSPS) is 16.1. The van der Waals surface area contributed by atoms with Crippen molar-refractivity contribution in [3.05, 3.63) is 65.2 Å². The molecule has 1 atom stereocenters. The summed E-state index contributed by atoms with van der Waals surface area (Å²) in [6.07, 6.45) is 2.77. The second-order valence-electron chi connectivity index (χ2n) is 5.28. The van der Waals surface area contributed by atoms with E-state index >= 15 is 0 Å². The van der Waals surface area contributed by atoms with Crippen molar-refractivity contribution in [1.29, 1.82) is 0 Å². The van der Waals surface area contributed by atoms with E-state index in [4.69, 9.17) is 10.5 Å². The quantitative estimate of drug-likeness (QED) is 0.903. The third-order valence-electron chi connectivity index (χ3n) is 3.45. The lowest BCUT2D eigenvalue weighted by atomic mass is 9.98. The van der Waals surface area contributed by atoms with Crippen molar-refractivity contribution in [2.75, 3.05) is 0 Å². The van der Waals surface area contributed by atoms with E-state index in [-0.39, 0.29) is 6.04 Å². The van der Waals surface area contributed by atoms with E-state index in [0.29, 0.717) is 6.10 Å². The maximum Gasteiger partial charge on any atom is 0.120 e. The second-order valence-corrected chi connectivity index (χ2v) is 5.28. The van der Waals surface area contributed by atoms with Gasteiger partial charge in [-0.15, -0.1) is 0 Å². The average molecular weight is 253 g/mol. The highest BCUT2D eigenvalue weighted by molar-refractivity contribution is 5.37. The first kappa shape index (κ1) is 12.2. The van der Waals surface area contributed by atoms with Gasteiger partial charge in [-0.05, 0) is 43.0 Å². The molecule has 2 nitrogen and oxygen atoms in total. The van der Waals surface area contributed by atoms with Crippen molar-refractivity contribution in [3.8, 4) is 5.75 Å². The smallest absolute Gasteiger partial charge is 0.120 e. The monoisotopic (exact) mass is 253 g/mol. The van der Waals surface area contributed by atoms with Crippen LogP contribution in [-0.2, 0) is 0 Å². The third kappa shape index (κ3) is 2.96. The van der Waals surface area contributed by atoms with Gasteiger partial charge in [-0.1, -0.05) is 42.0 Å². The molecule has 0 spiro atoms. The minimum absolute atomic E-state index is 0.0948. The van der Waals surface area contributed by atoms with Crippen LogP contribution in [0.5, 0.6) is 5.75 Å². The number of aryl methyl sites for hydroxylation is 1. The van der Waals surface area contributed by atoms with Crippen LogP contribution >= 0.6 is 0 Å². The molecule has 1 unspecified atom stereocenters. The number of benzene rings is 2. The molecule has 0 saturated heterocycles. The lowest BCUT2D eigenvalue weighted by Crippen LogP contribution is -2.12. The summed E-state index contributed by atoms with van der Waals surface area (Å²) in [7, 11) is 0. The number of hydrogen-bond donors (Lipinski definition) is 1. The van der Waals surface area contributed by atoms with Gasteiger partial charge in [0.1, 0.15) is 5.75 Å². The van der Waals surface area contributed by atoms with E-state index in [9.17, 15) is 0 Å². The molecule has 3 rings (SSSR count). The number of rotatable bonds is 4. The highest BCUT2D eigenvalue weighted by atomic mass is 16.5. The fraction of sp³-hybridized carbons (Fsp3) is 0.294. The largest absolute Gasteiger partial charge is 0.490 e. The topological polar surface area (TPSA) is 35.2 Å². The van der Waals surface area contributed by atoms with Crippen molar-refractivity contribution in [1.82, 2.24) is 0 Å². The highest BCUT2D eigenvalue weighted by Crippen LogP contribution is 2.29. The molecule has 1 aliphatic rings. The standard InChI is InChI=1S/C17H19NO/c1-12-4-2-5-13(10-12)17(18)14-6-3-7-16(11-14)19-15-8-9-15/h2-7,10-11,15,17H,8-9,18H2,1H3. The number of ether oxygens (including phenoxy) is 1. The van der Waals surface area contributed by atoms with E-state index in [2.05, 4.69) is 43.3 Å². The predicted molar refractivity (Wildman–Crippen MR) is 77.3 cm³/mol. The van der Waals surface area contributed by atoms with Crippen LogP contribution in [0.3, 0.4) is 0 Å². The molecule has 0 amide bonds. The summed E-state index contributed by atoms with van der Waals surface area (Å²) in [4.78, 5) is 0. The van der Waals surface area contributed by atoms with E-state index in [1.165, 1.54) is 18.4 Å². The van der Waals surface area contributed by atoms with Gasteiger partial charge in [0.25, 0.3) is 0 Å². The molecule has 1 aliphatic carbocycles. The Labute approximate surface area is 114 Å². The molecule has 19 heavy (non-hydrogen) atoms. The molecule has 2 heteroatoms. The van der Waals surface area contributed by atoms with Crippen LogP contribution in [-0.4, -0.2) is 6.10 Å². The molecule has 98 valence electrons. The fourth-order valence-corrected chi connectivity index (χ4v) is 2.22. The van der Waals surface area contributed by atoms with Crippen molar-refractivity contribution in [2.45, 2.75) is 31.9 Å². The van der Waals surface area contributed by atoms with Crippen molar-refractivity contribution >= 4 is 0 Å². The van der Waals surface area contributed by atoms with Crippen LogP contribution in [0.2, 0.25) is 0 Å². The zero-order valence-electron chi connectivity index (χ0n) is 11.2. The van der Waals surface area contributed by atoms with E-state index in [1.807, 2.05) is 12.1 Å². The Bertz CT molecular complexity index is 575. The summed E-state index contributed by atoms with van der Waals surface area (Å²) in [6.45, 7) is 2.09. The molecule has 1 fully saturated rings. The molecule has 0 aromatic heterocycles. The summed E-state index contributed by atoms with van der Waals surface area (Å²) in [6, 6.07) is 16.4. The fourth-order valence-electron chi connectivity index (χ4n) is 2.22.